The summed E-state index contributed by atoms with van der Waals surface area (Å²) in [5, 5.41) is 0. The monoisotopic (exact) mass is 302 g/mol. The second kappa shape index (κ2) is 6.74. The highest BCUT2D eigenvalue weighted by molar-refractivity contribution is 7.99. The molecule has 2 fully saturated rings. The quantitative estimate of drug-likeness (QED) is 0.808. The van der Waals surface area contributed by atoms with E-state index in [1.54, 1.807) is 0 Å². The molecule has 2 N–H and O–H groups in total. The summed E-state index contributed by atoms with van der Waals surface area (Å²) in [5.74, 6) is 2.48. The number of hydrogen-bond donors (Lipinski definition) is 1. The van der Waals surface area contributed by atoms with Gasteiger partial charge in [-0.15, -0.1) is 0 Å². The van der Waals surface area contributed by atoms with Crippen molar-refractivity contribution in [3.05, 3.63) is 0 Å². The number of hydrogen-bond acceptors (Lipinski definition) is 4. The van der Waals surface area contributed by atoms with Crippen LogP contribution >= 0.6 is 24.0 Å². The van der Waals surface area contributed by atoms with Gasteiger partial charge in [-0.2, -0.15) is 11.8 Å². The van der Waals surface area contributed by atoms with Crippen LogP contribution in [0.4, 0.5) is 0 Å². The topological polar surface area (TPSA) is 38.5 Å². The highest BCUT2D eigenvalue weighted by Gasteiger charge is 2.40. The van der Waals surface area contributed by atoms with Crippen molar-refractivity contribution in [2.45, 2.75) is 57.2 Å². The van der Waals surface area contributed by atoms with Crippen LogP contribution in [0.25, 0.3) is 0 Å². The molecule has 0 aromatic heterocycles. The van der Waals surface area contributed by atoms with E-state index in [-0.39, 0.29) is 5.60 Å². The average molecular weight is 303 g/mol. The van der Waals surface area contributed by atoms with Crippen LogP contribution in [-0.2, 0) is 4.74 Å². The van der Waals surface area contributed by atoms with Crippen LogP contribution in [0.5, 0.6) is 0 Å². The van der Waals surface area contributed by atoms with Gasteiger partial charge in [0.05, 0.1) is 10.6 Å². The van der Waals surface area contributed by atoms with E-state index in [2.05, 4.69) is 30.5 Å². The highest BCUT2D eigenvalue weighted by Crippen LogP contribution is 2.39. The lowest BCUT2D eigenvalue weighted by Gasteiger charge is -2.47. The molecule has 2 rings (SSSR count). The number of thiocarbonyl (C=S) groups is 1. The molecule has 1 unspecified atom stereocenters. The van der Waals surface area contributed by atoms with Gasteiger partial charge in [-0.3, -0.25) is 4.90 Å². The Morgan fingerprint density at radius 2 is 2.16 bits per heavy atom. The van der Waals surface area contributed by atoms with Crippen molar-refractivity contribution in [1.82, 2.24) is 4.90 Å². The molecule has 0 aromatic rings. The number of ether oxygens (including phenoxy) is 1. The largest absolute Gasteiger partial charge is 0.392 e. The van der Waals surface area contributed by atoms with E-state index in [9.17, 15) is 0 Å². The van der Waals surface area contributed by atoms with Crippen molar-refractivity contribution in [2.75, 3.05) is 24.7 Å². The fourth-order valence-corrected chi connectivity index (χ4v) is 4.68. The molecule has 2 heterocycles. The third-order valence-electron chi connectivity index (χ3n) is 4.34. The summed E-state index contributed by atoms with van der Waals surface area (Å²) in [7, 11) is 0. The lowest BCUT2D eigenvalue weighted by Crippen LogP contribution is -2.53. The van der Waals surface area contributed by atoms with Gasteiger partial charge in [0.25, 0.3) is 0 Å². The first-order chi connectivity index (χ1) is 9.02. The molecular weight excluding hydrogens is 276 g/mol. The predicted octanol–water partition coefficient (Wildman–Crippen LogP) is 2.43. The molecule has 0 bridgehead atoms. The lowest BCUT2D eigenvalue weighted by atomic mass is 9.84. The fourth-order valence-electron chi connectivity index (χ4n) is 3.29. The van der Waals surface area contributed by atoms with Crippen molar-refractivity contribution in [3.8, 4) is 0 Å². The third-order valence-corrected chi connectivity index (χ3v) is 5.46. The smallest absolute Gasteiger partial charge is 0.0870 e. The van der Waals surface area contributed by atoms with E-state index >= 15 is 0 Å². The van der Waals surface area contributed by atoms with Crippen molar-refractivity contribution >= 4 is 29.0 Å². The molecule has 2 aliphatic heterocycles. The van der Waals surface area contributed by atoms with E-state index in [0.717, 1.165) is 26.0 Å². The summed E-state index contributed by atoms with van der Waals surface area (Å²) >= 11 is 7.16. The molecule has 0 radical (unpaired) electrons. The summed E-state index contributed by atoms with van der Waals surface area (Å²) in [6, 6.07) is 1.05. The summed E-state index contributed by atoms with van der Waals surface area (Å²) in [6.45, 7) is 6.09. The first-order valence-electron chi connectivity index (χ1n) is 7.28. The Morgan fingerprint density at radius 3 is 2.74 bits per heavy atom. The Balaban J connectivity index is 2.03. The maximum atomic E-state index is 6.17. The van der Waals surface area contributed by atoms with Gasteiger partial charge >= 0.3 is 0 Å². The van der Waals surface area contributed by atoms with E-state index in [0.29, 0.717) is 17.1 Å². The van der Waals surface area contributed by atoms with Gasteiger partial charge in [0.1, 0.15) is 0 Å². The zero-order valence-corrected chi connectivity index (χ0v) is 13.7. The van der Waals surface area contributed by atoms with Crippen molar-refractivity contribution in [2.24, 2.45) is 5.73 Å². The molecule has 0 aromatic carbocycles. The van der Waals surface area contributed by atoms with Gasteiger partial charge in [-0.1, -0.05) is 12.2 Å². The first kappa shape index (κ1) is 15.5. The summed E-state index contributed by atoms with van der Waals surface area (Å²) in [4.78, 5) is 3.07. The molecule has 0 aliphatic carbocycles. The van der Waals surface area contributed by atoms with Crippen molar-refractivity contribution in [1.29, 1.82) is 0 Å². The fraction of sp³-hybridized carbons (Fsp3) is 0.929. The Bertz CT molecular complexity index is 311. The number of thioether (sulfide) groups is 1. The molecule has 110 valence electrons. The van der Waals surface area contributed by atoms with Crippen LogP contribution in [0.1, 0.15) is 39.5 Å². The minimum Gasteiger partial charge on any atom is -0.392 e. The predicted molar refractivity (Wildman–Crippen MR) is 86.9 cm³/mol. The van der Waals surface area contributed by atoms with Gasteiger partial charge in [-0.05, 0) is 51.0 Å². The third kappa shape index (κ3) is 4.06. The Kier molecular flexibility index (Phi) is 5.52. The van der Waals surface area contributed by atoms with Crippen LogP contribution in [0, 0.1) is 0 Å². The molecule has 0 saturated carbocycles. The maximum absolute atomic E-state index is 6.17. The standard InChI is InChI=1S/C14H26N2OS2/c1-11(2)16(10-13(15)18)12-3-6-17-14(9-12)4-7-19-8-5-14/h11-12H,3-10H2,1-2H3,(H2,15,18). The van der Waals surface area contributed by atoms with Gasteiger partial charge in [0.15, 0.2) is 0 Å². The molecule has 19 heavy (non-hydrogen) atoms. The van der Waals surface area contributed by atoms with Crippen LogP contribution in [0.2, 0.25) is 0 Å². The summed E-state index contributed by atoms with van der Waals surface area (Å²) in [5.41, 5.74) is 5.90. The molecule has 3 nitrogen and oxygen atoms in total. The van der Waals surface area contributed by atoms with E-state index in [4.69, 9.17) is 22.7 Å². The van der Waals surface area contributed by atoms with Crippen LogP contribution in [0.3, 0.4) is 0 Å². The molecule has 1 spiro atoms. The van der Waals surface area contributed by atoms with Gasteiger partial charge < -0.3 is 10.5 Å². The molecule has 5 heteroatoms. The molecular formula is C14H26N2OS2. The van der Waals surface area contributed by atoms with Crippen LogP contribution < -0.4 is 5.73 Å². The zero-order valence-electron chi connectivity index (χ0n) is 12.1. The second-order valence-corrected chi connectivity index (χ2v) is 7.77. The summed E-state index contributed by atoms with van der Waals surface area (Å²) < 4.78 is 6.17. The van der Waals surface area contributed by atoms with Gasteiger partial charge in [0.2, 0.25) is 0 Å². The molecule has 0 amide bonds. The van der Waals surface area contributed by atoms with E-state index in [1.165, 1.54) is 24.3 Å². The first-order valence-corrected chi connectivity index (χ1v) is 8.84. The Morgan fingerprint density at radius 1 is 1.47 bits per heavy atom. The minimum absolute atomic E-state index is 0.136. The SMILES string of the molecule is CC(C)N(CC(N)=S)C1CCOC2(CCSCC2)C1. The molecule has 2 aliphatic rings. The minimum atomic E-state index is 0.136. The van der Waals surface area contributed by atoms with Gasteiger partial charge in [0, 0.05) is 25.2 Å². The Hall–Kier alpha value is 0.160. The Labute approximate surface area is 126 Å². The van der Waals surface area contributed by atoms with Crippen LogP contribution in [0.15, 0.2) is 0 Å². The lowest BCUT2D eigenvalue weighted by molar-refractivity contribution is -0.111. The number of nitrogens with zero attached hydrogens (tertiary/aromatic N) is 1. The zero-order chi connectivity index (χ0) is 13.9. The highest BCUT2D eigenvalue weighted by atomic mass is 32.2. The van der Waals surface area contributed by atoms with Crippen LogP contribution in [-0.4, -0.2) is 52.2 Å². The molecule has 2 saturated heterocycles. The van der Waals surface area contributed by atoms with Crippen molar-refractivity contribution < 1.29 is 4.74 Å². The maximum Gasteiger partial charge on any atom is 0.0870 e. The van der Waals surface area contributed by atoms with Crippen molar-refractivity contribution in [3.63, 3.8) is 0 Å². The average Bonchev–Trinajstić information content (AvgIpc) is 2.36. The normalized spacial score (nSPS) is 27.1. The van der Waals surface area contributed by atoms with E-state index in [1.807, 2.05) is 0 Å². The number of nitrogens with two attached hydrogens (primary N) is 1. The summed E-state index contributed by atoms with van der Waals surface area (Å²) in [6.07, 6.45) is 4.66. The second-order valence-electron chi connectivity index (χ2n) is 6.02. The van der Waals surface area contributed by atoms with Gasteiger partial charge in [-0.25, -0.2) is 0 Å². The number of rotatable bonds is 4. The van der Waals surface area contributed by atoms with E-state index < -0.39 is 0 Å². The molecule has 1 atom stereocenters.